The number of hydrogen-bond acceptors (Lipinski definition) is 3. The molecule has 1 rings (SSSR count). The number of carbonyl (C=O) groups is 1. The molecule has 0 fully saturated rings. The number of anilines is 1. The lowest BCUT2D eigenvalue weighted by atomic mass is 10.2. The average molecular weight is 336 g/mol. The topological polar surface area (TPSA) is 61.4 Å². The van der Waals surface area contributed by atoms with Gasteiger partial charge in [0.1, 0.15) is 0 Å². The van der Waals surface area contributed by atoms with Crippen molar-refractivity contribution in [3.63, 3.8) is 0 Å². The van der Waals surface area contributed by atoms with Gasteiger partial charge in [-0.15, -0.1) is 11.8 Å². The highest BCUT2D eigenvalue weighted by molar-refractivity contribution is 7.99. The van der Waals surface area contributed by atoms with Crippen LogP contribution in [0.25, 0.3) is 0 Å². The van der Waals surface area contributed by atoms with Crippen molar-refractivity contribution in [3.05, 3.63) is 24.3 Å². The van der Waals surface area contributed by atoms with E-state index in [1.165, 1.54) is 6.07 Å². The van der Waals surface area contributed by atoms with E-state index in [1.807, 2.05) is 0 Å². The highest BCUT2D eigenvalue weighted by Gasteiger charge is 2.27. The number of nitrogens with one attached hydrogen (secondary N) is 2. The summed E-state index contributed by atoms with van der Waals surface area (Å²) in [6.07, 6.45) is -3.08. The third kappa shape index (κ3) is 7.56. The van der Waals surface area contributed by atoms with Gasteiger partial charge in [-0.25, -0.2) is 4.79 Å². The summed E-state index contributed by atoms with van der Waals surface area (Å²) in [4.78, 5) is 12.2. The van der Waals surface area contributed by atoms with E-state index in [4.69, 9.17) is 5.11 Å². The summed E-state index contributed by atoms with van der Waals surface area (Å²) in [7, 11) is 0. The molecule has 0 bridgehead atoms. The van der Waals surface area contributed by atoms with Gasteiger partial charge in [-0.05, 0) is 31.9 Å². The number of rotatable bonds is 7. The predicted octanol–water partition coefficient (Wildman–Crippen LogP) is 3.62. The van der Waals surface area contributed by atoms with E-state index in [1.54, 1.807) is 25.1 Å². The standard InChI is InChI=1S/C14H19F3N2O2S/c1-10(5-4-8-20)18-13(21)19-11-6-2-3-7-12(11)22-9-14(15,16)17/h2-3,6-7,10,20H,4-5,8-9H2,1H3,(H2,18,19,21). The molecule has 124 valence electrons. The number of amides is 2. The van der Waals surface area contributed by atoms with Crippen molar-refractivity contribution in [1.29, 1.82) is 0 Å². The summed E-state index contributed by atoms with van der Waals surface area (Å²) in [5.74, 6) is -1.01. The normalized spacial score (nSPS) is 12.8. The molecule has 0 aromatic heterocycles. The average Bonchev–Trinajstić information content (AvgIpc) is 2.43. The van der Waals surface area contributed by atoms with E-state index >= 15 is 0 Å². The first-order valence-electron chi connectivity index (χ1n) is 6.79. The maximum Gasteiger partial charge on any atom is 0.398 e. The minimum atomic E-state index is -4.27. The van der Waals surface area contributed by atoms with Gasteiger partial charge >= 0.3 is 12.2 Å². The largest absolute Gasteiger partial charge is 0.398 e. The Morgan fingerprint density at radius 3 is 2.68 bits per heavy atom. The molecule has 3 N–H and O–H groups in total. The van der Waals surface area contributed by atoms with E-state index in [0.29, 0.717) is 35.2 Å². The molecular formula is C14H19F3N2O2S. The fraction of sp³-hybridized carbons (Fsp3) is 0.500. The third-order valence-corrected chi connectivity index (χ3v) is 3.84. The molecule has 0 spiro atoms. The molecule has 0 aliphatic carbocycles. The van der Waals surface area contributed by atoms with Crippen LogP contribution in [-0.2, 0) is 0 Å². The monoisotopic (exact) mass is 336 g/mol. The molecule has 8 heteroatoms. The molecule has 0 saturated heterocycles. The van der Waals surface area contributed by atoms with Gasteiger partial charge in [0.2, 0.25) is 0 Å². The molecule has 1 aromatic carbocycles. The van der Waals surface area contributed by atoms with Gasteiger partial charge in [-0.2, -0.15) is 13.2 Å². The number of para-hydroxylation sites is 1. The van der Waals surface area contributed by atoms with E-state index in [-0.39, 0.29) is 12.6 Å². The lowest BCUT2D eigenvalue weighted by Crippen LogP contribution is -2.36. The minimum absolute atomic E-state index is 0.0462. The molecule has 2 amide bonds. The van der Waals surface area contributed by atoms with Crippen molar-refractivity contribution >= 4 is 23.5 Å². The first-order valence-corrected chi connectivity index (χ1v) is 7.77. The number of aliphatic hydroxyl groups excluding tert-OH is 1. The Balaban J connectivity index is 2.59. The van der Waals surface area contributed by atoms with Crippen LogP contribution in [0.4, 0.5) is 23.7 Å². The zero-order chi connectivity index (χ0) is 16.6. The van der Waals surface area contributed by atoms with Gasteiger partial charge in [0, 0.05) is 17.5 Å². The quantitative estimate of drug-likeness (QED) is 0.667. The van der Waals surface area contributed by atoms with Gasteiger partial charge in [-0.3, -0.25) is 0 Å². The van der Waals surface area contributed by atoms with Crippen molar-refractivity contribution < 1.29 is 23.1 Å². The molecule has 1 aromatic rings. The Morgan fingerprint density at radius 1 is 1.36 bits per heavy atom. The van der Waals surface area contributed by atoms with E-state index in [2.05, 4.69) is 10.6 Å². The molecule has 1 unspecified atom stereocenters. The molecule has 0 aliphatic rings. The summed E-state index contributed by atoms with van der Waals surface area (Å²) in [5, 5.41) is 13.9. The second kappa shape index (κ2) is 8.89. The zero-order valence-electron chi connectivity index (χ0n) is 12.1. The van der Waals surface area contributed by atoms with Crippen molar-refractivity contribution in [3.8, 4) is 0 Å². The maximum atomic E-state index is 12.3. The summed E-state index contributed by atoms with van der Waals surface area (Å²) in [5.41, 5.74) is 0.337. The first-order chi connectivity index (χ1) is 10.3. The van der Waals surface area contributed by atoms with Crippen LogP contribution < -0.4 is 10.6 Å². The van der Waals surface area contributed by atoms with E-state index in [9.17, 15) is 18.0 Å². The summed E-state index contributed by atoms with van der Waals surface area (Å²) < 4.78 is 36.9. The SMILES string of the molecule is CC(CCCO)NC(=O)Nc1ccccc1SCC(F)(F)F. The van der Waals surface area contributed by atoms with Crippen LogP contribution in [0.15, 0.2) is 29.2 Å². The fourth-order valence-electron chi connectivity index (χ4n) is 1.71. The van der Waals surface area contributed by atoms with Crippen LogP contribution in [0.5, 0.6) is 0 Å². The second-order valence-corrected chi connectivity index (χ2v) is 5.78. The summed E-state index contributed by atoms with van der Waals surface area (Å²) in [6.45, 7) is 1.84. The van der Waals surface area contributed by atoms with Crippen molar-refractivity contribution in [2.45, 2.75) is 36.9 Å². The van der Waals surface area contributed by atoms with Crippen molar-refractivity contribution in [2.24, 2.45) is 0 Å². The number of halogens is 3. The molecule has 0 saturated carbocycles. The van der Waals surface area contributed by atoms with Gasteiger partial charge in [-0.1, -0.05) is 12.1 Å². The van der Waals surface area contributed by atoms with Crippen LogP contribution in [0.2, 0.25) is 0 Å². The van der Waals surface area contributed by atoms with Crippen molar-refractivity contribution in [1.82, 2.24) is 5.32 Å². The van der Waals surface area contributed by atoms with E-state index < -0.39 is 18.0 Å². The third-order valence-electron chi connectivity index (χ3n) is 2.70. The lowest BCUT2D eigenvalue weighted by Gasteiger charge is -2.16. The smallest absolute Gasteiger partial charge is 0.396 e. The number of hydrogen-bond donors (Lipinski definition) is 3. The number of alkyl halides is 3. The molecular weight excluding hydrogens is 317 g/mol. The Labute approximate surface area is 131 Å². The van der Waals surface area contributed by atoms with Crippen LogP contribution in [0, 0.1) is 0 Å². The Morgan fingerprint density at radius 2 is 2.05 bits per heavy atom. The number of carbonyl (C=O) groups excluding carboxylic acids is 1. The van der Waals surface area contributed by atoms with Gasteiger partial charge < -0.3 is 15.7 Å². The fourth-order valence-corrected chi connectivity index (χ4v) is 2.48. The first kappa shape index (κ1) is 18.6. The highest BCUT2D eigenvalue weighted by atomic mass is 32.2. The van der Waals surface area contributed by atoms with Crippen LogP contribution in [0.3, 0.4) is 0 Å². The van der Waals surface area contributed by atoms with Gasteiger partial charge in [0.25, 0.3) is 0 Å². The van der Waals surface area contributed by atoms with Gasteiger partial charge in [0.05, 0.1) is 11.4 Å². The molecule has 0 heterocycles. The molecule has 1 atom stereocenters. The highest BCUT2D eigenvalue weighted by Crippen LogP contribution is 2.32. The minimum Gasteiger partial charge on any atom is -0.396 e. The molecule has 22 heavy (non-hydrogen) atoms. The Hall–Kier alpha value is -1.41. The Kier molecular flexibility index (Phi) is 7.53. The second-order valence-electron chi connectivity index (χ2n) is 4.77. The Bertz CT molecular complexity index is 483. The van der Waals surface area contributed by atoms with E-state index in [0.717, 1.165) is 0 Å². The van der Waals surface area contributed by atoms with Crippen molar-refractivity contribution in [2.75, 3.05) is 17.7 Å². The number of thioether (sulfide) groups is 1. The van der Waals surface area contributed by atoms with Gasteiger partial charge in [0.15, 0.2) is 0 Å². The number of benzene rings is 1. The molecule has 0 aliphatic heterocycles. The number of urea groups is 1. The van der Waals surface area contributed by atoms with Crippen LogP contribution >= 0.6 is 11.8 Å². The number of aliphatic hydroxyl groups is 1. The maximum absolute atomic E-state index is 12.3. The zero-order valence-corrected chi connectivity index (χ0v) is 12.9. The summed E-state index contributed by atoms with van der Waals surface area (Å²) >= 11 is 0.628. The van der Waals surface area contributed by atoms with Crippen LogP contribution in [-0.4, -0.2) is 35.7 Å². The lowest BCUT2D eigenvalue weighted by molar-refractivity contribution is -0.105. The molecule has 0 radical (unpaired) electrons. The van der Waals surface area contributed by atoms with Crippen LogP contribution in [0.1, 0.15) is 19.8 Å². The molecule has 4 nitrogen and oxygen atoms in total. The predicted molar refractivity (Wildman–Crippen MR) is 81.2 cm³/mol. The summed E-state index contributed by atoms with van der Waals surface area (Å²) in [6, 6.07) is 5.72.